The summed E-state index contributed by atoms with van der Waals surface area (Å²) in [5, 5.41) is 0.0306. The van der Waals surface area contributed by atoms with E-state index in [4.69, 9.17) is 11.6 Å². The van der Waals surface area contributed by atoms with E-state index in [2.05, 4.69) is 15.0 Å². The Labute approximate surface area is 110 Å². The van der Waals surface area contributed by atoms with Crippen molar-refractivity contribution >= 4 is 27.4 Å². The van der Waals surface area contributed by atoms with Crippen LogP contribution in [0.2, 0.25) is 5.15 Å². The maximum Gasteiger partial charge on any atom is 0.325 e. The van der Waals surface area contributed by atoms with E-state index < -0.39 is 26.2 Å². The van der Waals surface area contributed by atoms with Crippen LogP contribution in [0.25, 0.3) is 0 Å². The third-order valence-electron chi connectivity index (χ3n) is 1.95. The lowest BCUT2D eigenvalue weighted by Crippen LogP contribution is -2.29. The molecule has 2 aromatic heterocycles. The summed E-state index contributed by atoms with van der Waals surface area (Å²) in [7, 11) is -4.19. The molecular formula is C8H6ClN5O4S. The number of halogens is 1. The van der Waals surface area contributed by atoms with Gasteiger partial charge in [0.05, 0.1) is 0 Å². The van der Waals surface area contributed by atoms with Crippen molar-refractivity contribution in [2.45, 2.75) is 4.90 Å². The topological polar surface area (TPSA) is 138 Å². The largest absolute Gasteiger partial charge is 0.325 e. The van der Waals surface area contributed by atoms with E-state index >= 15 is 0 Å². The zero-order chi connectivity index (χ0) is 14.0. The summed E-state index contributed by atoms with van der Waals surface area (Å²) < 4.78 is 25.8. The monoisotopic (exact) mass is 303 g/mol. The minimum Gasteiger partial charge on any atom is -0.313 e. The highest BCUT2D eigenvalue weighted by atomic mass is 35.5. The van der Waals surface area contributed by atoms with Crippen LogP contribution in [-0.2, 0) is 10.0 Å². The van der Waals surface area contributed by atoms with Gasteiger partial charge < -0.3 is 4.98 Å². The van der Waals surface area contributed by atoms with Gasteiger partial charge in [0.1, 0.15) is 17.3 Å². The predicted molar refractivity (Wildman–Crippen MR) is 65.5 cm³/mol. The molecule has 0 aliphatic rings. The van der Waals surface area contributed by atoms with Crippen LogP contribution in [0.3, 0.4) is 0 Å². The van der Waals surface area contributed by atoms with Gasteiger partial charge in [0.15, 0.2) is 4.90 Å². The van der Waals surface area contributed by atoms with E-state index in [-0.39, 0.29) is 11.0 Å². The van der Waals surface area contributed by atoms with Crippen molar-refractivity contribution in [3.63, 3.8) is 0 Å². The van der Waals surface area contributed by atoms with E-state index in [1.54, 1.807) is 4.98 Å². The summed E-state index contributed by atoms with van der Waals surface area (Å²) in [4.78, 5) is 32.6. The molecule has 3 N–H and O–H groups in total. The molecule has 19 heavy (non-hydrogen) atoms. The molecule has 2 heterocycles. The van der Waals surface area contributed by atoms with Crippen molar-refractivity contribution in [2.24, 2.45) is 0 Å². The summed E-state index contributed by atoms with van der Waals surface area (Å²) in [6.45, 7) is 0. The minimum atomic E-state index is -4.19. The van der Waals surface area contributed by atoms with E-state index in [9.17, 15) is 18.0 Å². The van der Waals surface area contributed by atoms with E-state index in [0.29, 0.717) is 0 Å². The van der Waals surface area contributed by atoms with Gasteiger partial charge in [-0.1, -0.05) is 11.6 Å². The number of hydrogen-bond donors (Lipinski definition) is 3. The number of nitrogens with one attached hydrogen (secondary N) is 3. The van der Waals surface area contributed by atoms with Gasteiger partial charge in [0.2, 0.25) is 0 Å². The number of H-pyrrole nitrogens is 2. The summed E-state index contributed by atoms with van der Waals surface area (Å²) in [6, 6.07) is 1.17. The summed E-state index contributed by atoms with van der Waals surface area (Å²) in [5.74, 6) is -0.106. The smallest absolute Gasteiger partial charge is 0.313 e. The quantitative estimate of drug-likeness (QED) is 0.641. The molecule has 100 valence electrons. The van der Waals surface area contributed by atoms with Gasteiger partial charge in [-0.25, -0.2) is 23.2 Å². The number of anilines is 1. The van der Waals surface area contributed by atoms with Crippen LogP contribution in [0, 0.1) is 0 Å². The molecular weight excluding hydrogens is 298 g/mol. The zero-order valence-corrected chi connectivity index (χ0v) is 10.6. The summed E-state index contributed by atoms with van der Waals surface area (Å²) in [6.07, 6.45) is 1.84. The second-order valence-corrected chi connectivity index (χ2v) is 5.31. The number of aromatic amines is 2. The highest BCUT2D eigenvalue weighted by Gasteiger charge is 2.19. The maximum atomic E-state index is 11.9. The van der Waals surface area contributed by atoms with Crippen molar-refractivity contribution in [3.05, 3.63) is 44.6 Å². The Morgan fingerprint density at radius 1 is 1.26 bits per heavy atom. The SMILES string of the molecule is O=c1[nH]cc(S(=O)(=O)Nc2cc(Cl)ncn2)c(=O)[nH]1. The molecule has 2 rings (SSSR count). The fraction of sp³-hybridized carbons (Fsp3) is 0. The van der Waals surface area contributed by atoms with Crippen LogP contribution in [-0.4, -0.2) is 28.4 Å². The molecule has 0 aliphatic heterocycles. The normalized spacial score (nSPS) is 11.2. The van der Waals surface area contributed by atoms with Crippen molar-refractivity contribution in [2.75, 3.05) is 4.72 Å². The van der Waals surface area contributed by atoms with Crippen LogP contribution in [0.1, 0.15) is 0 Å². The molecule has 0 bridgehead atoms. The molecule has 0 radical (unpaired) electrons. The molecule has 0 unspecified atom stereocenters. The van der Waals surface area contributed by atoms with Crippen LogP contribution in [0.15, 0.2) is 33.1 Å². The third-order valence-corrected chi connectivity index (χ3v) is 3.51. The number of hydrogen-bond acceptors (Lipinski definition) is 6. The number of nitrogens with zero attached hydrogens (tertiary/aromatic N) is 2. The van der Waals surface area contributed by atoms with Gasteiger partial charge in [-0.3, -0.25) is 14.5 Å². The first-order valence-corrected chi connectivity index (χ1v) is 6.57. The molecule has 0 atom stereocenters. The second-order valence-electron chi connectivity index (χ2n) is 3.27. The van der Waals surface area contributed by atoms with Gasteiger partial charge in [-0.15, -0.1) is 0 Å². The summed E-state index contributed by atoms with van der Waals surface area (Å²) >= 11 is 5.57. The number of aromatic nitrogens is 4. The molecule has 0 amide bonds. The van der Waals surface area contributed by atoms with Crippen LogP contribution < -0.4 is 16.0 Å². The zero-order valence-electron chi connectivity index (χ0n) is 9.05. The van der Waals surface area contributed by atoms with Crippen LogP contribution >= 0.6 is 11.6 Å². The second kappa shape index (κ2) is 4.82. The highest BCUT2D eigenvalue weighted by Crippen LogP contribution is 2.12. The third kappa shape index (κ3) is 2.98. The number of rotatable bonds is 3. The molecule has 2 aromatic rings. The van der Waals surface area contributed by atoms with Gasteiger partial charge in [0.25, 0.3) is 15.6 Å². The van der Waals surface area contributed by atoms with E-state index in [0.717, 1.165) is 12.5 Å². The Morgan fingerprint density at radius 3 is 2.63 bits per heavy atom. The van der Waals surface area contributed by atoms with E-state index in [1.165, 1.54) is 6.07 Å². The van der Waals surface area contributed by atoms with Crippen molar-refractivity contribution in [1.82, 2.24) is 19.9 Å². The number of sulfonamides is 1. The lowest BCUT2D eigenvalue weighted by atomic mass is 10.6. The van der Waals surface area contributed by atoms with Gasteiger partial charge in [-0.2, -0.15) is 0 Å². The van der Waals surface area contributed by atoms with Crippen LogP contribution in [0.4, 0.5) is 5.82 Å². The highest BCUT2D eigenvalue weighted by molar-refractivity contribution is 7.92. The molecule has 0 aliphatic carbocycles. The Bertz CT molecular complexity index is 827. The molecule has 0 saturated heterocycles. The Hall–Kier alpha value is -2.20. The minimum absolute atomic E-state index is 0.0306. The Morgan fingerprint density at radius 2 is 2.00 bits per heavy atom. The molecule has 11 heteroatoms. The first-order chi connectivity index (χ1) is 8.88. The lowest BCUT2D eigenvalue weighted by molar-refractivity contribution is 0.598. The van der Waals surface area contributed by atoms with Crippen LogP contribution in [0.5, 0.6) is 0 Å². The summed E-state index contributed by atoms with van der Waals surface area (Å²) in [5.41, 5.74) is -1.86. The van der Waals surface area contributed by atoms with Gasteiger partial charge in [0, 0.05) is 12.3 Å². The van der Waals surface area contributed by atoms with E-state index in [1.807, 2.05) is 4.72 Å². The molecule has 0 fully saturated rings. The molecule has 0 spiro atoms. The molecule has 0 aromatic carbocycles. The molecule has 0 saturated carbocycles. The first kappa shape index (κ1) is 13.2. The fourth-order valence-corrected chi connectivity index (χ4v) is 2.33. The van der Waals surface area contributed by atoms with Gasteiger partial charge in [-0.05, 0) is 0 Å². The van der Waals surface area contributed by atoms with Crippen molar-refractivity contribution in [1.29, 1.82) is 0 Å². The molecule has 9 nitrogen and oxygen atoms in total. The Kier molecular flexibility index (Phi) is 3.36. The van der Waals surface area contributed by atoms with Crippen molar-refractivity contribution in [3.8, 4) is 0 Å². The lowest BCUT2D eigenvalue weighted by Gasteiger charge is -2.05. The Balaban J connectivity index is 2.43. The predicted octanol–water partition coefficient (Wildman–Crippen LogP) is -0.693. The maximum absolute atomic E-state index is 11.9. The average Bonchev–Trinajstić information content (AvgIpc) is 2.27. The fourth-order valence-electron chi connectivity index (χ4n) is 1.18. The standard InChI is InChI=1S/C8H6ClN5O4S/c9-5-1-6(12-3-11-5)14-19(17,18)4-2-10-8(16)13-7(4)15/h1-3H,(H,11,12,14)(H2,10,13,15,16). The first-order valence-electron chi connectivity index (χ1n) is 4.71. The van der Waals surface area contributed by atoms with Gasteiger partial charge >= 0.3 is 5.69 Å². The van der Waals surface area contributed by atoms with Crippen molar-refractivity contribution < 1.29 is 8.42 Å². The average molecular weight is 304 g/mol.